The molecular weight excluding hydrogens is 444 g/mol. The highest BCUT2D eigenvalue weighted by atomic mass is 79.9. The van der Waals surface area contributed by atoms with E-state index in [4.69, 9.17) is 0 Å². The van der Waals surface area contributed by atoms with Crippen LogP contribution in [-0.4, -0.2) is 15.7 Å². The highest BCUT2D eigenvalue weighted by Gasteiger charge is 2.33. The zero-order chi connectivity index (χ0) is 20.6. The Hall–Kier alpha value is -1.79. The average molecular weight is 471 g/mol. The molecule has 1 unspecified atom stereocenters. The Morgan fingerprint density at radius 1 is 1.28 bits per heavy atom. The van der Waals surface area contributed by atoms with Gasteiger partial charge in [-0.1, -0.05) is 55.3 Å². The van der Waals surface area contributed by atoms with Crippen molar-refractivity contribution in [1.82, 2.24) is 9.97 Å². The first-order valence-corrected chi connectivity index (χ1v) is 11.8. The summed E-state index contributed by atoms with van der Waals surface area (Å²) in [7, 11) is 0. The van der Waals surface area contributed by atoms with Gasteiger partial charge in [0.2, 0.25) is 0 Å². The van der Waals surface area contributed by atoms with Crippen LogP contribution < -0.4 is 5.43 Å². The average Bonchev–Trinajstić information content (AvgIpc) is 3.11. The van der Waals surface area contributed by atoms with Gasteiger partial charge in [-0.2, -0.15) is 5.10 Å². The number of rotatable bonds is 5. The van der Waals surface area contributed by atoms with Crippen LogP contribution in [0.4, 0.5) is 5.82 Å². The zero-order valence-electron chi connectivity index (χ0n) is 17.4. The van der Waals surface area contributed by atoms with Crippen molar-refractivity contribution >= 4 is 49.0 Å². The van der Waals surface area contributed by atoms with E-state index < -0.39 is 0 Å². The molecule has 1 aliphatic rings. The van der Waals surface area contributed by atoms with Crippen LogP contribution in [-0.2, 0) is 12.8 Å². The Morgan fingerprint density at radius 2 is 2.03 bits per heavy atom. The molecule has 1 atom stereocenters. The SMILES string of the molecule is CCC(C)(C)C1CCc2sc3ncnc(N/N=C(\C)c4ccc(Br)cc4)c3c2C1. The standard InChI is InChI=1S/C23H27BrN4S/c1-5-23(3,4)16-8-11-19-18(12-16)20-21(25-13-26-22(20)29-19)28-27-14(2)15-6-9-17(24)10-7-15/h6-7,9-10,13,16H,5,8,11-12H2,1-4H3,(H,25,26,28)/b27-14+. The maximum atomic E-state index is 4.62. The van der Waals surface area contributed by atoms with Crippen LogP contribution in [0.15, 0.2) is 40.2 Å². The number of hydrazone groups is 1. The topological polar surface area (TPSA) is 50.2 Å². The Kier molecular flexibility index (Phi) is 5.76. The van der Waals surface area contributed by atoms with E-state index >= 15 is 0 Å². The second kappa shape index (κ2) is 8.15. The zero-order valence-corrected chi connectivity index (χ0v) is 19.8. The van der Waals surface area contributed by atoms with Gasteiger partial charge in [0.05, 0.1) is 11.1 Å². The summed E-state index contributed by atoms with van der Waals surface area (Å²) >= 11 is 5.30. The maximum Gasteiger partial charge on any atom is 0.158 e. The summed E-state index contributed by atoms with van der Waals surface area (Å²) in [6.45, 7) is 9.12. The second-order valence-electron chi connectivity index (χ2n) is 8.50. The van der Waals surface area contributed by atoms with E-state index in [0.29, 0.717) is 11.3 Å². The van der Waals surface area contributed by atoms with Crippen molar-refractivity contribution in [3.05, 3.63) is 51.1 Å². The van der Waals surface area contributed by atoms with Crippen LogP contribution in [0.25, 0.3) is 10.2 Å². The molecule has 0 fully saturated rings. The Bertz CT molecular complexity index is 1050. The van der Waals surface area contributed by atoms with Gasteiger partial charge in [-0.05, 0) is 60.8 Å². The van der Waals surface area contributed by atoms with Crippen LogP contribution in [0.1, 0.15) is 56.5 Å². The lowest BCUT2D eigenvalue weighted by Crippen LogP contribution is -2.28. The fourth-order valence-electron chi connectivity index (χ4n) is 4.04. The number of benzene rings is 1. The van der Waals surface area contributed by atoms with Crippen LogP contribution >= 0.6 is 27.3 Å². The molecule has 0 saturated heterocycles. The quantitative estimate of drug-likeness (QED) is 0.328. The van der Waals surface area contributed by atoms with Crippen LogP contribution in [0, 0.1) is 11.3 Å². The molecule has 152 valence electrons. The highest BCUT2D eigenvalue weighted by molar-refractivity contribution is 9.10. The minimum Gasteiger partial charge on any atom is -0.260 e. The predicted molar refractivity (Wildman–Crippen MR) is 127 cm³/mol. The van der Waals surface area contributed by atoms with Gasteiger partial charge in [0.25, 0.3) is 0 Å². The van der Waals surface area contributed by atoms with Gasteiger partial charge < -0.3 is 0 Å². The first kappa shape index (κ1) is 20.5. The number of aromatic nitrogens is 2. The van der Waals surface area contributed by atoms with Crippen molar-refractivity contribution in [3.63, 3.8) is 0 Å². The van der Waals surface area contributed by atoms with Crippen molar-refractivity contribution in [2.45, 2.75) is 53.4 Å². The van der Waals surface area contributed by atoms with E-state index in [1.54, 1.807) is 6.33 Å². The van der Waals surface area contributed by atoms with Crippen LogP contribution in [0.3, 0.4) is 0 Å². The first-order chi connectivity index (χ1) is 13.9. The molecule has 4 nitrogen and oxygen atoms in total. The molecule has 0 amide bonds. The van der Waals surface area contributed by atoms with Gasteiger partial charge in [0.15, 0.2) is 5.82 Å². The number of anilines is 1. The number of thiophene rings is 1. The fraction of sp³-hybridized carbons (Fsp3) is 0.435. The number of hydrogen-bond acceptors (Lipinski definition) is 5. The summed E-state index contributed by atoms with van der Waals surface area (Å²) in [5.74, 6) is 1.51. The number of aryl methyl sites for hydroxylation is 1. The Labute approximate surface area is 185 Å². The van der Waals surface area contributed by atoms with Gasteiger partial charge >= 0.3 is 0 Å². The van der Waals surface area contributed by atoms with Crippen LogP contribution in [0.2, 0.25) is 0 Å². The molecule has 2 aromatic heterocycles. The van der Waals surface area contributed by atoms with E-state index in [-0.39, 0.29) is 0 Å². The van der Waals surface area contributed by atoms with Crippen molar-refractivity contribution in [2.24, 2.45) is 16.4 Å². The van der Waals surface area contributed by atoms with E-state index in [2.05, 4.69) is 69.3 Å². The number of fused-ring (bicyclic) bond motifs is 3. The molecule has 4 rings (SSSR count). The summed E-state index contributed by atoms with van der Waals surface area (Å²) in [5.41, 5.74) is 7.04. The summed E-state index contributed by atoms with van der Waals surface area (Å²) in [4.78, 5) is 11.6. The lowest BCUT2D eigenvalue weighted by Gasteiger charge is -2.36. The third-order valence-corrected chi connectivity index (χ3v) is 8.18. The number of hydrogen-bond donors (Lipinski definition) is 1. The number of nitrogens with zero attached hydrogens (tertiary/aromatic N) is 3. The van der Waals surface area contributed by atoms with Crippen molar-refractivity contribution < 1.29 is 0 Å². The molecule has 0 spiro atoms. The molecule has 29 heavy (non-hydrogen) atoms. The predicted octanol–water partition coefficient (Wildman–Crippen LogP) is 6.83. The fourth-order valence-corrected chi connectivity index (χ4v) is 5.49. The normalized spacial score (nSPS) is 17.4. The molecular formula is C23H27BrN4S. The molecule has 0 bridgehead atoms. The van der Waals surface area contributed by atoms with Gasteiger partial charge in [0.1, 0.15) is 11.2 Å². The molecule has 1 N–H and O–H groups in total. The maximum absolute atomic E-state index is 4.62. The van der Waals surface area contributed by atoms with Gasteiger partial charge in [-0.25, -0.2) is 9.97 Å². The number of halogens is 1. The van der Waals surface area contributed by atoms with Crippen molar-refractivity contribution in [1.29, 1.82) is 0 Å². The van der Waals surface area contributed by atoms with E-state index in [1.165, 1.54) is 23.3 Å². The molecule has 3 aromatic rings. The lowest BCUT2D eigenvalue weighted by atomic mass is 9.69. The highest BCUT2D eigenvalue weighted by Crippen LogP contribution is 2.45. The van der Waals surface area contributed by atoms with E-state index in [9.17, 15) is 0 Å². The summed E-state index contributed by atoms with van der Waals surface area (Å²) in [5, 5.41) is 5.79. The van der Waals surface area contributed by atoms with Crippen molar-refractivity contribution in [2.75, 3.05) is 5.43 Å². The van der Waals surface area contributed by atoms with Gasteiger partial charge in [-0.3, -0.25) is 5.43 Å². The summed E-state index contributed by atoms with van der Waals surface area (Å²) in [6, 6.07) is 8.18. The third-order valence-electron chi connectivity index (χ3n) is 6.45. The Balaban J connectivity index is 1.67. The van der Waals surface area contributed by atoms with Gasteiger partial charge in [-0.15, -0.1) is 11.3 Å². The molecule has 6 heteroatoms. The monoisotopic (exact) mass is 470 g/mol. The third kappa shape index (κ3) is 4.10. The second-order valence-corrected chi connectivity index (χ2v) is 10.5. The van der Waals surface area contributed by atoms with Gasteiger partial charge in [0, 0.05) is 9.35 Å². The van der Waals surface area contributed by atoms with Crippen LogP contribution in [0.5, 0.6) is 0 Å². The number of nitrogens with one attached hydrogen (secondary N) is 1. The summed E-state index contributed by atoms with van der Waals surface area (Å²) < 4.78 is 1.06. The molecule has 0 aliphatic heterocycles. The minimum atomic E-state index is 0.353. The summed E-state index contributed by atoms with van der Waals surface area (Å²) in [6.07, 6.45) is 6.36. The van der Waals surface area contributed by atoms with Crippen molar-refractivity contribution in [3.8, 4) is 0 Å². The van der Waals surface area contributed by atoms with E-state index in [0.717, 1.165) is 44.6 Å². The largest absolute Gasteiger partial charge is 0.260 e. The molecule has 1 aromatic carbocycles. The first-order valence-electron chi connectivity index (χ1n) is 10.2. The molecule has 2 heterocycles. The molecule has 0 radical (unpaired) electrons. The molecule has 1 aliphatic carbocycles. The molecule has 0 saturated carbocycles. The minimum absolute atomic E-state index is 0.353. The smallest absolute Gasteiger partial charge is 0.158 e. The lowest BCUT2D eigenvalue weighted by molar-refractivity contribution is 0.184. The van der Waals surface area contributed by atoms with E-state index in [1.807, 2.05) is 30.4 Å². The Morgan fingerprint density at radius 3 is 2.76 bits per heavy atom.